The SMILES string of the molecule is CC[C@H](C)[C@H](NC(=O)[C@@H](N)CCCN=C(N)N)C(=O)N[C@@H](CC(N)=O)C(=O)N[C@@H](CC(N)=O)C(=O)N[C@H](C(=O)N1C[C@@H](n2cc(CCc3ccccc3)nn2)C[C@H]1C(=O)N[C@@H](Cc1c[nH]c2ccccc12)C(=O)N[C@@H](CO)C(=O)N[C@@H](CCC(=O)O)C(=O)N[C@@H](C)C(=O)N[C@@H](CCSC)C(=O)N[C@@H](CCSC)C(N)=O)[C@@H](C)CC. The van der Waals surface area contributed by atoms with Gasteiger partial charge < -0.3 is 108 Å². The molecule has 3 heterocycles. The molecule has 2 aromatic heterocycles. The average molecular weight is 1630 g/mol. The molecule has 1 aliphatic rings. The van der Waals surface area contributed by atoms with E-state index >= 15 is 14.4 Å². The number of benzene rings is 2. The maximum Gasteiger partial charge on any atom is 0.303 e. The minimum Gasteiger partial charge on any atom is -0.481 e. The largest absolute Gasteiger partial charge is 0.481 e. The van der Waals surface area contributed by atoms with Crippen molar-refractivity contribution in [2.24, 2.45) is 51.2 Å². The van der Waals surface area contributed by atoms with Crippen LogP contribution in [0.2, 0.25) is 0 Å². The molecule has 0 unspecified atom stereocenters. The highest BCUT2D eigenvalue weighted by molar-refractivity contribution is 7.98. The van der Waals surface area contributed by atoms with Gasteiger partial charge in [0.1, 0.15) is 66.5 Å². The lowest BCUT2D eigenvalue weighted by atomic mass is 9.96. The third-order valence-corrected chi connectivity index (χ3v) is 20.6. The molecule has 41 heteroatoms. The second-order valence-electron chi connectivity index (χ2n) is 28.0. The summed E-state index contributed by atoms with van der Waals surface area (Å²) in [5, 5.41) is 55.1. The van der Waals surface area contributed by atoms with Crippen molar-refractivity contribution in [2.75, 3.05) is 43.7 Å². The maximum atomic E-state index is 15.7. The molecule has 1 aliphatic heterocycles. The van der Waals surface area contributed by atoms with Crippen LogP contribution in [-0.4, -0.2) is 246 Å². The van der Waals surface area contributed by atoms with Gasteiger partial charge in [0.05, 0.1) is 37.2 Å². The Balaban J connectivity index is 1.47. The van der Waals surface area contributed by atoms with Crippen LogP contribution in [0.15, 0.2) is 72.0 Å². The number of aryl methyl sites for hydroxylation is 2. The number of guanidine groups is 1. The molecule has 5 rings (SSSR count). The van der Waals surface area contributed by atoms with E-state index in [-0.39, 0.29) is 57.6 Å². The fourth-order valence-corrected chi connectivity index (χ4v) is 13.3. The van der Waals surface area contributed by atoms with Crippen LogP contribution >= 0.6 is 23.5 Å². The van der Waals surface area contributed by atoms with Crippen LogP contribution in [-0.2, 0) is 91.2 Å². The van der Waals surface area contributed by atoms with E-state index in [2.05, 4.69) is 73.5 Å². The molecule has 1 saturated heterocycles. The van der Waals surface area contributed by atoms with E-state index in [9.17, 15) is 67.7 Å². The van der Waals surface area contributed by atoms with Gasteiger partial charge in [0, 0.05) is 55.6 Å². The van der Waals surface area contributed by atoms with Gasteiger partial charge in [0.15, 0.2) is 5.96 Å². The number of aliphatic hydroxyl groups is 1. The number of carboxylic acids is 1. The summed E-state index contributed by atoms with van der Waals surface area (Å²) in [7, 11) is 0. The highest BCUT2D eigenvalue weighted by atomic mass is 32.2. The number of aliphatic carboxylic acids is 1. The van der Waals surface area contributed by atoms with Crippen LogP contribution in [0.25, 0.3) is 10.9 Å². The lowest BCUT2D eigenvalue weighted by Gasteiger charge is -2.33. The van der Waals surface area contributed by atoms with Crippen LogP contribution in [0.4, 0.5) is 0 Å². The molecule has 114 heavy (non-hydrogen) atoms. The van der Waals surface area contributed by atoms with Crippen molar-refractivity contribution < 1.29 is 82.1 Å². The van der Waals surface area contributed by atoms with Crippen molar-refractivity contribution in [3.05, 3.63) is 83.8 Å². The predicted molar refractivity (Wildman–Crippen MR) is 424 cm³/mol. The Morgan fingerprint density at radius 1 is 0.596 bits per heavy atom. The van der Waals surface area contributed by atoms with Gasteiger partial charge in [-0.25, -0.2) is 4.68 Å². The third kappa shape index (κ3) is 29.5. The number of H-pyrrole nitrogens is 1. The number of carbonyl (C=O) groups is 15. The van der Waals surface area contributed by atoms with Crippen molar-refractivity contribution in [3.63, 3.8) is 0 Å². The Bertz CT molecular complexity index is 4010. The number of aromatic nitrogens is 4. The molecule has 0 bridgehead atoms. The van der Waals surface area contributed by atoms with E-state index in [0.29, 0.717) is 59.3 Å². The first-order chi connectivity index (χ1) is 54.1. The first-order valence-corrected chi connectivity index (χ1v) is 40.2. The topological polar surface area (TPSA) is 635 Å². The summed E-state index contributed by atoms with van der Waals surface area (Å²) >= 11 is 2.78. The number of thioether (sulfide) groups is 2. The normalized spacial score (nSPS) is 16.6. The first kappa shape index (κ1) is 93.7. The number of nitrogens with two attached hydrogens (primary N) is 6. The number of nitrogens with one attached hydrogen (secondary N) is 11. The number of carboxylic acid groups (broad SMARTS) is 1. The van der Waals surface area contributed by atoms with Crippen LogP contribution in [0.3, 0.4) is 0 Å². The summed E-state index contributed by atoms with van der Waals surface area (Å²) in [4.78, 5) is 216. The second kappa shape index (κ2) is 46.9. The van der Waals surface area contributed by atoms with E-state index in [1.807, 2.05) is 30.3 Å². The molecule has 0 aliphatic carbocycles. The van der Waals surface area contributed by atoms with Crippen LogP contribution in [0.1, 0.15) is 128 Å². The van der Waals surface area contributed by atoms with Gasteiger partial charge >= 0.3 is 5.97 Å². The summed E-state index contributed by atoms with van der Waals surface area (Å²) in [5.74, 6) is -16.1. The van der Waals surface area contributed by atoms with E-state index in [0.717, 1.165) is 10.5 Å². The van der Waals surface area contributed by atoms with Gasteiger partial charge in [-0.3, -0.25) is 76.9 Å². The first-order valence-electron chi connectivity index (χ1n) is 37.4. The molecule has 39 nitrogen and oxygen atoms in total. The average Bonchev–Trinajstić information content (AvgIpc) is 1.63. The molecule has 25 N–H and O–H groups in total. The molecule has 626 valence electrons. The summed E-state index contributed by atoms with van der Waals surface area (Å²) < 4.78 is 1.47. The van der Waals surface area contributed by atoms with Crippen molar-refractivity contribution in [2.45, 2.75) is 203 Å². The van der Waals surface area contributed by atoms with Gasteiger partial charge in [-0.05, 0) is 105 Å². The summed E-state index contributed by atoms with van der Waals surface area (Å²) in [6, 6.07) is -2.79. The van der Waals surface area contributed by atoms with Crippen molar-refractivity contribution in [1.82, 2.24) is 78.0 Å². The number of aliphatic hydroxyl groups excluding tert-OH is 1. The van der Waals surface area contributed by atoms with E-state index < -0.39 is 211 Å². The molecule has 4 aromatic rings. The molecular weight excluding hydrogens is 1520 g/mol. The van der Waals surface area contributed by atoms with Crippen molar-refractivity contribution in [1.29, 1.82) is 0 Å². The summed E-state index contributed by atoms with van der Waals surface area (Å²) in [5.41, 5.74) is 36.3. The summed E-state index contributed by atoms with van der Waals surface area (Å²) in [6.07, 6.45) is 5.34. The highest BCUT2D eigenvalue weighted by Gasteiger charge is 2.46. The molecule has 14 amide bonds. The standard InChI is InChI=1S/C73H110N22O17S2/c1-8-38(3)59(90-63(103)46(74)19-15-27-80-73(78)79)71(111)88-52(32-56(75)97)67(107)86-53(33-57(76)98)68(108)91-60(39(4)9-2)72(112)94-36-44(95-35-43(92-93-95)22-21-41-16-11-10-12-17-41)31-55(94)70(110)87-51(30-42-34-81-47-20-14-13-18-45(42)47)66(106)89-54(37-96)69(109)85-49(23-24-58(99)100)64(104)82-40(5)62(102)84-50(26-29-114-7)65(105)83-48(61(77)101)25-28-113-6/h10-14,16-18,20,34-35,38-40,44,46,48-55,59-60,81,96H,8-9,15,19,21-33,36-37,74H2,1-7H3,(H2,75,97)(H2,76,98)(H2,77,101)(H,82,104)(H,83,105)(H,84,102)(H,85,109)(H,86,107)(H,87,110)(H,88,111)(H,89,106)(H,90,103)(H,91,108)(H,99,100)(H4,78,79,80)/t38-,39-,40-,44-,46-,48-,49-,50-,51-,52-,53-,54-,55-,59-,60-/m0/s1. The van der Waals surface area contributed by atoms with E-state index in [1.165, 1.54) is 35.1 Å². The number of para-hydroxylation sites is 1. The maximum absolute atomic E-state index is 15.7. The number of amides is 14. The number of likely N-dealkylation sites (tertiary alicyclic amines) is 1. The molecule has 0 spiro atoms. The molecule has 1 fully saturated rings. The monoisotopic (exact) mass is 1630 g/mol. The lowest BCUT2D eigenvalue weighted by molar-refractivity contribution is -0.144. The highest BCUT2D eigenvalue weighted by Crippen LogP contribution is 2.30. The van der Waals surface area contributed by atoms with Gasteiger partial charge in [-0.1, -0.05) is 94.3 Å². The molecule has 0 saturated carbocycles. The minimum absolute atomic E-state index is 0.0902. The Labute approximate surface area is 667 Å². The van der Waals surface area contributed by atoms with Crippen LogP contribution < -0.4 is 87.6 Å². The fraction of sp³-hybridized carbons (Fsp3) is 0.562. The smallest absolute Gasteiger partial charge is 0.303 e. The zero-order valence-electron chi connectivity index (χ0n) is 65.0. The Hall–Kier alpha value is -10.9. The predicted octanol–water partition coefficient (Wildman–Crippen LogP) is -4.13. The number of hydrogen-bond acceptors (Lipinski definition) is 22. The van der Waals surface area contributed by atoms with E-state index in [1.54, 1.807) is 76.9 Å². The second-order valence-corrected chi connectivity index (χ2v) is 30.0. The number of carbonyl (C=O) groups excluding carboxylic acids is 14. The van der Waals surface area contributed by atoms with Crippen molar-refractivity contribution in [3.8, 4) is 0 Å². The number of fused-ring (bicyclic) bond motifs is 1. The van der Waals surface area contributed by atoms with E-state index in [4.69, 9.17) is 34.4 Å². The zero-order valence-corrected chi connectivity index (χ0v) is 66.6. The molecule has 2 aromatic carbocycles. The molecule has 0 radical (unpaired) electrons. The number of nitrogens with zero attached hydrogens (tertiary/aromatic N) is 5. The minimum atomic E-state index is -1.93. The number of aromatic amines is 1. The summed E-state index contributed by atoms with van der Waals surface area (Å²) in [6.45, 7) is 6.60. The number of primary amides is 3. The quantitative estimate of drug-likeness (QED) is 0.0113. The number of aliphatic imine (C=N–C) groups is 1. The van der Waals surface area contributed by atoms with Gasteiger partial charge in [0.2, 0.25) is 82.7 Å². The number of hydrogen-bond donors (Lipinski definition) is 19. The Morgan fingerprint density at radius 2 is 1.12 bits per heavy atom. The lowest BCUT2D eigenvalue weighted by Crippen LogP contribution is -2.62. The fourth-order valence-electron chi connectivity index (χ4n) is 12.4. The van der Waals surface area contributed by atoms with Gasteiger partial charge in [0.25, 0.3) is 0 Å². The van der Waals surface area contributed by atoms with Gasteiger partial charge in [-0.2, -0.15) is 23.5 Å². The Kier molecular flexibility index (Phi) is 38.5. The van der Waals surface area contributed by atoms with Crippen molar-refractivity contribution >= 4 is 129 Å². The Morgan fingerprint density at radius 3 is 1.73 bits per heavy atom. The van der Waals surface area contributed by atoms with Crippen LogP contribution in [0, 0.1) is 11.8 Å². The number of rotatable bonds is 50. The van der Waals surface area contributed by atoms with Crippen LogP contribution in [0.5, 0.6) is 0 Å². The molecular formula is C73H110N22O17S2. The molecule has 15 atom stereocenters. The zero-order chi connectivity index (χ0) is 84.5. The van der Waals surface area contributed by atoms with Gasteiger partial charge in [-0.15, -0.1) is 5.10 Å². The third-order valence-electron chi connectivity index (χ3n) is 19.4.